The summed E-state index contributed by atoms with van der Waals surface area (Å²) in [7, 11) is 0. The van der Waals surface area contributed by atoms with Crippen molar-refractivity contribution in [1.82, 2.24) is 9.97 Å². The summed E-state index contributed by atoms with van der Waals surface area (Å²) in [6.45, 7) is 9.03. The second-order valence-corrected chi connectivity index (χ2v) is 7.18. The van der Waals surface area contributed by atoms with Crippen molar-refractivity contribution in [3.63, 3.8) is 0 Å². The van der Waals surface area contributed by atoms with Crippen LogP contribution in [-0.4, -0.2) is 16.0 Å². The molecule has 106 valence electrons. The fraction of sp³-hybridized carbons (Fsp3) is 0.714. The number of aromatic nitrogens is 2. The Morgan fingerprint density at radius 1 is 1.26 bits per heavy atom. The van der Waals surface area contributed by atoms with Gasteiger partial charge in [-0.25, -0.2) is 9.37 Å². The Morgan fingerprint density at radius 2 is 1.84 bits per heavy atom. The van der Waals surface area contributed by atoms with E-state index in [4.69, 9.17) is 5.73 Å². The summed E-state index contributed by atoms with van der Waals surface area (Å²) in [5.41, 5.74) is 6.00. The lowest BCUT2D eigenvalue weighted by Gasteiger charge is -2.45. The summed E-state index contributed by atoms with van der Waals surface area (Å²) in [5.74, 6) is -0.139. The van der Waals surface area contributed by atoms with E-state index in [0.29, 0.717) is 0 Å². The van der Waals surface area contributed by atoms with Gasteiger partial charge in [0.25, 0.3) is 0 Å². The predicted molar refractivity (Wildman–Crippen MR) is 75.2 cm³/mol. The third kappa shape index (κ3) is 3.55. The first kappa shape index (κ1) is 14.0. The van der Waals surface area contributed by atoms with Gasteiger partial charge in [0.15, 0.2) is 11.6 Å². The molecule has 1 aromatic heterocycles. The highest BCUT2D eigenvalue weighted by molar-refractivity contribution is 5.40. The average molecular weight is 266 g/mol. The maximum absolute atomic E-state index is 13.7. The van der Waals surface area contributed by atoms with Gasteiger partial charge < -0.3 is 11.1 Å². The Kier molecular flexibility index (Phi) is 3.41. The highest BCUT2D eigenvalue weighted by Gasteiger charge is 2.38. The number of nitrogens with two attached hydrogens (primary N) is 1. The van der Waals surface area contributed by atoms with Crippen molar-refractivity contribution in [2.75, 3.05) is 11.1 Å². The van der Waals surface area contributed by atoms with Gasteiger partial charge in [-0.2, -0.15) is 4.98 Å². The van der Waals surface area contributed by atoms with Gasteiger partial charge >= 0.3 is 0 Å². The van der Waals surface area contributed by atoms with E-state index in [0.717, 1.165) is 19.0 Å². The van der Waals surface area contributed by atoms with Gasteiger partial charge in [-0.05, 0) is 30.1 Å². The molecule has 1 aliphatic rings. The van der Waals surface area contributed by atoms with E-state index in [1.807, 2.05) is 0 Å². The first-order chi connectivity index (χ1) is 8.67. The normalized spacial score (nSPS) is 22.2. The molecule has 1 heterocycles. The van der Waals surface area contributed by atoms with E-state index in [2.05, 4.69) is 43.0 Å². The van der Waals surface area contributed by atoms with Crippen molar-refractivity contribution in [1.29, 1.82) is 0 Å². The lowest BCUT2D eigenvalue weighted by molar-refractivity contribution is 0.105. The van der Waals surface area contributed by atoms with E-state index < -0.39 is 5.82 Å². The fourth-order valence-corrected chi connectivity index (χ4v) is 3.62. The number of nitrogens with zero attached hydrogens (tertiary/aromatic N) is 2. The van der Waals surface area contributed by atoms with Crippen molar-refractivity contribution in [2.45, 2.75) is 53.0 Å². The van der Waals surface area contributed by atoms with Crippen molar-refractivity contribution in [3.8, 4) is 0 Å². The van der Waals surface area contributed by atoms with Crippen LogP contribution in [0.25, 0.3) is 0 Å². The summed E-state index contributed by atoms with van der Waals surface area (Å²) >= 11 is 0. The van der Waals surface area contributed by atoms with Gasteiger partial charge in [0.1, 0.15) is 0 Å². The van der Waals surface area contributed by atoms with Crippen LogP contribution < -0.4 is 11.1 Å². The zero-order valence-electron chi connectivity index (χ0n) is 12.1. The fourth-order valence-electron chi connectivity index (χ4n) is 3.62. The van der Waals surface area contributed by atoms with Gasteiger partial charge in [-0.3, -0.25) is 0 Å². The number of rotatable bonds is 2. The molecule has 0 radical (unpaired) electrons. The third-order valence-electron chi connectivity index (χ3n) is 3.66. The molecule has 0 spiro atoms. The van der Waals surface area contributed by atoms with Crippen LogP contribution in [0, 0.1) is 16.6 Å². The van der Waals surface area contributed by atoms with Crippen molar-refractivity contribution in [2.24, 2.45) is 10.8 Å². The molecule has 3 N–H and O–H groups in total. The van der Waals surface area contributed by atoms with E-state index >= 15 is 0 Å². The number of anilines is 2. The van der Waals surface area contributed by atoms with Crippen LogP contribution in [0.5, 0.6) is 0 Å². The van der Waals surface area contributed by atoms with Crippen molar-refractivity contribution >= 4 is 11.8 Å². The molecule has 0 unspecified atom stereocenters. The van der Waals surface area contributed by atoms with Crippen LogP contribution in [0.1, 0.15) is 47.0 Å². The summed E-state index contributed by atoms with van der Waals surface area (Å²) in [6, 6.07) is 0.211. The Morgan fingerprint density at radius 3 is 2.42 bits per heavy atom. The van der Waals surface area contributed by atoms with E-state index in [9.17, 15) is 4.39 Å². The van der Waals surface area contributed by atoms with Gasteiger partial charge in [0, 0.05) is 6.04 Å². The molecule has 0 aliphatic heterocycles. The van der Waals surface area contributed by atoms with Crippen molar-refractivity contribution in [3.05, 3.63) is 12.0 Å². The molecule has 2 rings (SSSR count). The van der Waals surface area contributed by atoms with Gasteiger partial charge in [0.05, 0.1) is 6.20 Å². The van der Waals surface area contributed by atoms with E-state index in [1.54, 1.807) is 0 Å². The molecule has 1 aromatic rings. The maximum atomic E-state index is 13.7. The SMILES string of the molecule is CC1(C)CC(Nc2nc(N)ncc2F)CC(C)(C)C1. The highest BCUT2D eigenvalue weighted by Crippen LogP contribution is 2.46. The molecular formula is C14H23FN4. The molecular weight excluding hydrogens is 243 g/mol. The monoisotopic (exact) mass is 266 g/mol. The Hall–Kier alpha value is -1.39. The standard InChI is InChI=1S/C14H23FN4/c1-13(2)5-9(6-14(3,4)8-13)18-11-10(15)7-17-12(16)19-11/h7,9H,5-6,8H2,1-4H3,(H3,16,17,18,19). The Labute approximate surface area is 114 Å². The molecule has 0 bridgehead atoms. The Balaban J connectivity index is 2.16. The zero-order chi connectivity index (χ0) is 14.3. The molecule has 1 fully saturated rings. The first-order valence-electron chi connectivity index (χ1n) is 6.71. The van der Waals surface area contributed by atoms with Gasteiger partial charge in [0.2, 0.25) is 5.95 Å². The number of nitrogens with one attached hydrogen (secondary N) is 1. The second-order valence-electron chi connectivity index (χ2n) is 7.18. The lowest BCUT2D eigenvalue weighted by atomic mass is 9.63. The minimum absolute atomic E-state index is 0.0956. The minimum atomic E-state index is -0.449. The quantitative estimate of drug-likeness (QED) is 0.862. The van der Waals surface area contributed by atoms with Crippen LogP contribution in [0.4, 0.5) is 16.2 Å². The number of nitrogen functional groups attached to an aromatic ring is 1. The largest absolute Gasteiger partial charge is 0.368 e. The molecule has 0 atom stereocenters. The number of hydrogen-bond donors (Lipinski definition) is 2. The summed E-state index contributed by atoms with van der Waals surface area (Å²) < 4.78 is 13.7. The first-order valence-corrected chi connectivity index (χ1v) is 6.71. The minimum Gasteiger partial charge on any atom is -0.368 e. The van der Waals surface area contributed by atoms with Crippen LogP contribution in [0.3, 0.4) is 0 Å². The molecule has 0 saturated heterocycles. The molecule has 1 aliphatic carbocycles. The summed E-state index contributed by atoms with van der Waals surface area (Å²) in [6.07, 6.45) is 4.29. The zero-order valence-corrected chi connectivity index (χ0v) is 12.1. The summed E-state index contributed by atoms with van der Waals surface area (Å²) in [5, 5.41) is 3.20. The third-order valence-corrected chi connectivity index (χ3v) is 3.66. The average Bonchev–Trinajstić information content (AvgIpc) is 2.18. The van der Waals surface area contributed by atoms with Crippen LogP contribution >= 0.6 is 0 Å². The van der Waals surface area contributed by atoms with Gasteiger partial charge in [-0.15, -0.1) is 0 Å². The Bertz CT molecular complexity index is 455. The molecule has 19 heavy (non-hydrogen) atoms. The topological polar surface area (TPSA) is 63.8 Å². The van der Waals surface area contributed by atoms with Crippen LogP contribution in [-0.2, 0) is 0 Å². The summed E-state index contributed by atoms with van der Waals surface area (Å²) in [4.78, 5) is 7.58. The molecule has 4 nitrogen and oxygen atoms in total. The van der Waals surface area contributed by atoms with Gasteiger partial charge in [-0.1, -0.05) is 27.7 Å². The van der Waals surface area contributed by atoms with Crippen LogP contribution in [0.15, 0.2) is 6.20 Å². The second kappa shape index (κ2) is 4.62. The smallest absolute Gasteiger partial charge is 0.222 e. The van der Waals surface area contributed by atoms with E-state index in [1.165, 1.54) is 6.42 Å². The maximum Gasteiger partial charge on any atom is 0.222 e. The number of halogens is 1. The lowest BCUT2D eigenvalue weighted by Crippen LogP contribution is -2.40. The molecule has 0 aromatic carbocycles. The molecule has 0 amide bonds. The number of hydrogen-bond acceptors (Lipinski definition) is 4. The van der Waals surface area contributed by atoms with E-state index in [-0.39, 0.29) is 28.6 Å². The molecule has 1 saturated carbocycles. The van der Waals surface area contributed by atoms with Crippen LogP contribution in [0.2, 0.25) is 0 Å². The predicted octanol–water partition coefficient (Wildman–Crippen LogP) is 3.21. The molecule has 5 heteroatoms. The van der Waals surface area contributed by atoms with Crippen molar-refractivity contribution < 1.29 is 4.39 Å². The highest BCUT2D eigenvalue weighted by atomic mass is 19.1.